The number of carbonyl (C=O) groups is 2. The molecule has 1 N–H and O–H groups in total. The van der Waals surface area contributed by atoms with E-state index in [0.717, 1.165) is 11.1 Å². The summed E-state index contributed by atoms with van der Waals surface area (Å²) in [6.45, 7) is 1.35. The fourth-order valence-electron chi connectivity index (χ4n) is 1.99. The standard InChI is InChI=1S/C18H16O5/c1-12(19)23-15-8-5-13(6-9-15)3-4-14-7-10-16(18(20)21)17(11-14)22-2/h3-11H,1-2H3,(H,20,21). The van der Waals surface area contributed by atoms with Crippen molar-refractivity contribution in [3.05, 3.63) is 59.2 Å². The number of rotatable bonds is 5. The van der Waals surface area contributed by atoms with Crippen LogP contribution in [0.15, 0.2) is 42.5 Å². The fraction of sp³-hybridized carbons (Fsp3) is 0.111. The van der Waals surface area contributed by atoms with Crippen molar-refractivity contribution >= 4 is 24.1 Å². The van der Waals surface area contributed by atoms with E-state index in [2.05, 4.69) is 0 Å². The summed E-state index contributed by atoms with van der Waals surface area (Å²) in [6, 6.07) is 11.9. The molecule has 2 aromatic carbocycles. The van der Waals surface area contributed by atoms with Crippen molar-refractivity contribution in [2.45, 2.75) is 6.92 Å². The van der Waals surface area contributed by atoms with Crippen LogP contribution in [0, 0.1) is 0 Å². The third kappa shape index (κ3) is 4.44. The second-order valence-corrected chi connectivity index (χ2v) is 4.76. The lowest BCUT2D eigenvalue weighted by Crippen LogP contribution is -2.00. The zero-order chi connectivity index (χ0) is 16.8. The van der Waals surface area contributed by atoms with Crippen LogP contribution in [0.3, 0.4) is 0 Å². The molecule has 0 fully saturated rings. The number of benzene rings is 2. The van der Waals surface area contributed by atoms with Crippen LogP contribution >= 0.6 is 0 Å². The molecule has 0 atom stereocenters. The lowest BCUT2D eigenvalue weighted by Gasteiger charge is -2.05. The highest BCUT2D eigenvalue weighted by Crippen LogP contribution is 2.22. The molecule has 2 aromatic rings. The Bertz CT molecular complexity index is 745. The highest BCUT2D eigenvalue weighted by molar-refractivity contribution is 5.91. The first-order valence-corrected chi connectivity index (χ1v) is 6.87. The molecule has 0 saturated heterocycles. The van der Waals surface area contributed by atoms with Gasteiger partial charge in [0, 0.05) is 6.92 Å². The Balaban J connectivity index is 2.16. The molecule has 0 aromatic heterocycles. The van der Waals surface area contributed by atoms with Gasteiger partial charge < -0.3 is 14.6 Å². The summed E-state index contributed by atoms with van der Waals surface area (Å²) >= 11 is 0. The second kappa shape index (κ2) is 7.26. The number of methoxy groups -OCH3 is 1. The van der Waals surface area contributed by atoms with Crippen molar-refractivity contribution in [3.8, 4) is 11.5 Å². The van der Waals surface area contributed by atoms with E-state index in [4.69, 9.17) is 14.6 Å². The summed E-state index contributed by atoms with van der Waals surface area (Å²) in [5.74, 6) is -0.593. The minimum Gasteiger partial charge on any atom is -0.496 e. The topological polar surface area (TPSA) is 72.8 Å². The Kier molecular flexibility index (Phi) is 5.15. The second-order valence-electron chi connectivity index (χ2n) is 4.76. The number of aromatic carboxylic acids is 1. The van der Waals surface area contributed by atoms with Crippen molar-refractivity contribution < 1.29 is 24.2 Å². The van der Waals surface area contributed by atoms with Gasteiger partial charge in [-0.3, -0.25) is 4.79 Å². The molecule has 118 valence electrons. The van der Waals surface area contributed by atoms with Crippen LogP contribution in [0.25, 0.3) is 12.2 Å². The van der Waals surface area contributed by atoms with E-state index < -0.39 is 5.97 Å². The number of ether oxygens (including phenoxy) is 2. The maximum Gasteiger partial charge on any atom is 0.339 e. The Hall–Kier alpha value is -3.08. The van der Waals surface area contributed by atoms with E-state index in [1.54, 1.807) is 24.3 Å². The van der Waals surface area contributed by atoms with Crippen LogP contribution in [-0.2, 0) is 4.79 Å². The molecule has 0 saturated carbocycles. The Morgan fingerprint density at radius 2 is 1.61 bits per heavy atom. The molecule has 0 unspecified atom stereocenters. The predicted octanol–water partition coefficient (Wildman–Crippen LogP) is 3.49. The number of hydrogen-bond acceptors (Lipinski definition) is 4. The van der Waals surface area contributed by atoms with Gasteiger partial charge in [0.1, 0.15) is 17.1 Å². The molecule has 0 spiro atoms. The monoisotopic (exact) mass is 312 g/mol. The van der Waals surface area contributed by atoms with Gasteiger partial charge in [0.15, 0.2) is 0 Å². The fourth-order valence-corrected chi connectivity index (χ4v) is 1.99. The zero-order valence-corrected chi connectivity index (χ0v) is 12.8. The molecular formula is C18H16O5. The maximum atomic E-state index is 11.0. The molecule has 0 heterocycles. The maximum absolute atomic E-state index is 11.0. The highest BCUT2D eigenvalue weighted by atomic mass is 16.5. The average Bonchev–Trinajstić information content (AvgIpc) is 2.53. The Morgan fingerprint density at radius 1 is 1.00 bits per heavy atom. The van der Waals surface area contributed by atoms with Gasteiger partial charge in [-0.15, -0.1) is 0 Å². The highest BCUT2D eigenvalue weighted by Gasteiger charge is 2.10. The Labute approximate surface area is 133 Å². The molecule has 2 rings (SSSR count). The van der Waals surface area contributed by atoms with Gasteiger partial charge in [0.05, 0.1) is 7.11 Å². The van der Waals surface area contributed by atoms with E-state index >= 15 is 0 Å². The molecule has 0 aliphatic heterocycles. The number of carboxylic acid groups (broad SMARTS) is 1. The minimum atomic E-state index is -1.03. The van der Waals surface area contributed by atoms with Gasteiger partial charge in [-0.1, -0.05) is 30.4 Å². The smallest absolute Gasteiger partial charge is 0.339 e. The molecule has 23 heavy (non-hydrogen) atoms. The van der Waals surface area contributed by atoms with Gasteiger partial charge in [-0.2, -0.15) is 0 Å². The van der Waals surface area contributed by atoms with Crippen LogP contribution in [0.4, 0.5) is 0 Å². The van der Waals surface area contributed by atoms with E-state index in [1.807, 2.05) is 24.3 Å². The van der Waals surface area contributed by atoms with Crippen LogP contribution < -0.4 is 9.47 Å². The largest absolute Gasteiger partial charge is 0.496 e. The van der Waals surface area contributed by atoms with Gasteiger partial charge in [-0.25, -0.2) is 4.79 Å². The van der Waals surface area contributed by atoms with Crippen LogP contribution in [0.2, 0.25) is 0 Å². The summed E-state index contributed by atoms with van der Waals surface area (Å²) in [7, 11) is 1.43. The number of esters is 1. The summed E-state index contributed by atoms with van der Waals surface area (Å²) in [6.07, 6.45) is 3.71. The summed E-state index contributed by atoms with van der Waals surface area (Å²) in [5, 5.41) is 9.05. The minimum absolute atomic E-state index is 0.121. The molecule has 5 nitrogen and oxygen atoms in total. The molecule has 0 amide bonds. The lowest BCUT2D eigenvalue weighted by molar-refractivity contribution is -0.131. The normalized spacial score (nSPS) is 10.5. The zero-order valence-electron chi connectivity index (χ0n) is 12.8. The summed E-state index contributed by atoms with van der Waals surface area (Å²) < 4.78 is 10.1. The Morgan fingerprint density at radius 3 is 2.17 bits per heavy atom. The van der Waals surface area contributed by atoms with Crippen LogP contribution in [-0.4, -0.2) is 24.2 Å². The van der Waals surface area contributed by atoms with Crippen LogP contribution in [0.5, 0.6) is 11.5 Å². The van der Waals surface area contributed by atoms with Crippen molar-refractivity contribution in [1.29, 1.82) is 0 Å². The summed E-state index contributed by atoms with van der Waals surface area (Å²) in [5.41, 5.74) is 1.86. The van der Waals surface area contributed by atoms with Gasteiger partial charge in [-0.05, 0) is 35.4 Å². The molecule has 0 aliphatic rings. The first-order valence-electron chi connectivity index (χ1n) is 6.87. The molecule has 5 heteroatoms. The van der Waals surface area contributed by atoms with Gasteiger partial charge in [0.25, 0.3) is 0 Å². The van der Waals surface area contributed by atoms with Crippen molar-refractivity contribution in [1.82, 2.24) is 0 Å². The molecule has 0 aliphatic carbocycles. The average molecular weight is 312 g/mol. The number of carboxylic acids is 1. The van der Waals surface area contributed by atoms with E-state index in [0.29, 0.717) is 11.5 Å². The van der Waals surface area contributed by atoms with Crippen molar-refractivity contribution in [3.63, 3.8) is 0 Å². The van der Waals surface area contributed by atoms with E-state index in [9.17, 15) is 9.59 Å². The number of hydrogen-bond donors (Lipinski definition) is 1. The van der Waals surface area contributed by atoms with Gasteiger partial charge in [0.2, 0.25) is 0 Å². The third-order valence-electron chi connectivity index (χ3n) is 3.07. The number of carbonyl (C=O) groups excluding carboxylic acids is 1. The predicted molar refractivity (Wildman–Crippen MR) is 86.6 cm³/mol. The van der Waals surface area contributed by atoms with E-state index in [1.165, 1.54) is 20.1 Å². The first kappa shape index (κ1) is 16.3. The third-order valence-corrected chi connectivity index (χ3v) is 3.07. The quantitative estimate of drug-likeness (QED) is 0.520. The lowest BCUT2D eigenvalue weighted by atomic mass is 10.1. The SMILES string of the molecule is COc1cc(C=Cc2ccc(OC(C)=O)cc2)ccc1C(=O)O. The van der Waals surface area contributed by atoms with E-state index in [-0.39, 0.29) is 11.5 Å². The first-order chi connectivity index (χ1) is 11.0. The summed E-state index contributed by atoms with van der Waals surface area (Å²) in [4.78, 5) is 21.9. The van der Waals surface area contributed by atoms with Crippen molar-refractivity contribution in [2.75, 3.05) is 7.11 Å². The molecular weight excluding hydrogens is 296 g/mol. The van der Waals surface area contributed by atoms with Gasteiger partial charge >= 0.3 is 11.9 Å². The molecule has 0 radical (unpaired) electrons. The van der Waals surface area contributed by atoms with Crippen LogP contribution in [0.1, 0.15) is 28.4 Å². The molecule has 0 bridgehead atoms. The van der Waals surface area contributed by atoms with Crippen molar-refractivity contribution in [2.24, 2.45) is 0 Å².